The van der Waals surface area contributed by atoms with Gasteiger partial charge in [-0.25, -0.2) is 15.0 Å². The number of benzene rings is 8. The van der Waals surface area contributed by atoms with E-state index in [0.29, 0.717) is 17.5 Å². The summed E-state index contributed by atoms with van der Waals surface area (Å²) in [7, 11) is 0. The second-order valence-corrected chi connectivity index (χ2v) is 15.5. The molecule has 0 N–H and O–H groups in total. The molecule has 0 spiro atoms. The number of furan rings is 1. The maximum Gasteiger partial charge on any atom is 0.164 e. The largest absolute Gasteiger partial charge is 0.456 e. The second-order valence-electron chi connectivity index (χ2n) is 14.4. The average molecular weight is 747 g/mol. The summed E-state index contributed by atoms with van der Waals surface area (Å²) < 4.78 is 11.5. The molecule has 0 radical (unpaired) electrons. The van der Waals surface area contributed by atoms with Gasteiger partial charge in [0.2, 0.25) is 0 Å². The van der Waals surface area contributed by atoms with Gasteiger partial charge in [0, 0.05) is 64.1 Å². The molecule has 4 aromatic heterocycles. The molecule has 0 unspecified atom stereocenters. The van der Waals surface area contributed by atoms with E-state index in [1.165, 1.54) is 42.0 Å². The predicted molar refractivity (Wildman–Crippen MR) is 236 cm³/mol. The summed E-state index contributed by atoms with van der Waals surface area (Å²) in [5.74, 6) is 1.85. The van der Waals surface area contributed by atoms with Crippen LogP contribution in [0.4, 0.5) is 0 Å². The van der Waals surface area contributed by atoms with E-state index in [2.05, 4.69) is 114 Å². The zero-order valence-corrected chi connectivity index (χ0v) is 31.2. The van der Waals surface area contributed by atoms with E-state index in [4.69, 9.17) is 19.4 Å². The molecule has 8 aromatic carbocycles. The first-order valence-corrected chi connectivity index (χ1v) is 19.8. The fraction of sp³-hybridized carbons (Fsp3) is 0. The van der Waals surface area contributed by atoms with Gasteiger partial charge >= 0.3 is 0 Å². The standard InChI is InChI=1S/C51H30N4OS/c1-3-12-32(13-4-1)49-52-50(33-14-5-2-6-15-33)54-51(53-49)38-18-11-20-45-48(38)41-28-34(24-27-44(41)56-45)31-22-25-35(26-23-31)55-42-19-9-7-16-36(42)39-29-40-37-17-8-10-21-46(37)57-47(40)30-43(39)55/h1-30H. The van der Waals surface area contributed by atoms with Crippen molar-refractivity contribution in [3.05, 3.63) is 182 Å². The number of rotatable bonds is 5. The normalized spacial score (nSPS) is 11.9. The SMILES string of the molecule is c1ccc(-c2nc(-c3ccccc3)nc(-c3cccc4oc5ccc(-c6ccc(-n7c8ccccc8c8cc9c(cc87)sc7ccccc79)cc6)cc5c34)n2)cc1. The van der Waals surface area contributed by atoms with E-state index < -0.39 is 0 Å². The first kappa shape index (κ1) is 31.9. The Bertz CT molecular complexity index is 3450. The lowest BCUT2D eigenvalue weighted by molar-refractivity contribution is 0.669. The Morgan fingerprint density at radius 3 is 1.82 bits per heavy atom. The minimum Gasteiger partial charge on any atom is -0.456 e. The highest BCUT2D eigenvalue weighted by Gasteiger charge is 2.19. The van der Waals surface area contributed by atoms with Crippen molar-refractivity contribution in [3.8, 4) is 51.0 Å². The lowest BCUT2D eigenvalue weighted by Gasteiger charge is -2.10. The number of hydrogen-bond donors (Lipinski definition) is 0. The summed E-state index contributed by atoms with van der Waals surface area (Å²) in [6.45, 7) is 0. The number of aromatic nitrogens is 4. The van der Waals surface area contributed by atoms with Crippen LogP contribution in [0.2, 0.25) is 0 Å². The Morgan fingerprint density at radius 1 is 0.386 bits per heavy atom. The predicted octanol–water partition coefficient (Wildman–Crippen LogP) is 13.9. The molecule has 0 fully saturated rings. The third-order valence-corrected chi connectivity index (χ3v) is 12.2. The van der Waals surface area contributed by atoms with Crippen LogP contribution in [0.25, 0.3) is 115 Å². The summed E-state index contributed by atoms with van der Waals surface area (Å²) in [5, 5.41) is 7.15. The number of para-hydroxylation sites is 1. The van der Waals surface area contributed by atoms with Gasteiger partial charge in [-0.3, -0.25) is 0 Å². The molecule has 12 rings (SSSR count). The smallest absolute Gasteiger partial charge is 0.164 e. The molecule has 4 heterocycles. The van der Waals surface area contributed by atoms with Crippen molar-refractivity contribution >= 4 is 75.3 Å². The molecule has 0 aliphatic rings. The van der Waals surface area contributed by atoms with E-state index in [0.717, 1.165) is 55.4 Å². The van der Waals surface area contributed by atoms with Crippen molar-refractivity contribution in [2.45, 2.75) is 0 Å². The minimum absolute atomic E-state index is 0.602. The van der Waals surface area contributed by atoms with E-state index in [-0.39, 0.29) is 0 Å². The van der Waals surface area contributed by atoms with Crippen LogP contribution < -0.4 is 0 Å². The van der Waals surface area contributed by atoms with E-state index >= 15 is 0 Å². The number of hydrogen-bond acceptors (Lipinski definition) is 5. The zero-order valence-electron chi connectivity index (χ0n) is 30.4. The van der Waals surface area contributed by atoms with Gasteiger partial charge in [-0.1, -0.05) is 127 Å². The molecule has 266 valence electrons. The third kappa shape index (κ3) is 5.12. The van der Waals surface area contributed by atoms with Crippen LogP contribution in [-0.2, 0) is 0 Å². The molecular formula is C51H30N4OS. The van der Waals surface area contributed by atoms with E-state index in [1.54, 1.807) is 0 Å². The topological polar surface area (TPSA) is 56.7 Å². The zero-order chi connectivity index (χ0) is 37.5. The first-order valence-electron chi connectivity index (χ1n) is 19.0. The molecule has 0 aliphatic carbocycles. The van der Waals surface area contributed by atoms with Crippen LogP contribution in [0, 0.1) is 0 Å². The lowest BCUT2D eigenvalue weighted by Crippen LogP contribution is -2.00. The number of thiophene rings is 1. The maximum atomic E-state index is 6.46. The molecule has 5 nitrogen and oxygen atoms in total. The molecule has 57 heavy (non-hydrogen) atoms. The van der Waals surface area contributed by atoms with Crippen LogP contribution >= 0.6 is 11.3 Å². The third-order valence-electron chi connectivity index (χ3n) is 11.1. The highest BCUT2D eigenvalue weighted by molar-refractivity contribution is 7.25. The average Bonchev–Trinajstić information content (AvgIpc) is 3.95. The highest BCUT2D eigenvalue weighted by atomic mass is 32.1. The first-order chi connectivity index (χ1) is 28.2. The maximum absolute atomic E-state index is 6.46. The summed E-state index contributed by atoms with van der Waals surface area (Å²) in [6.07, 6.45) is 0. The fourth-order valence-corrected chi connectivity index (χ4v) is 9.51. The Morgan fingerprint density at radius 2 is 1.05 bits per heavy atom. The molecule has 0 saturated carbocycles. The summed E-state index contributed by atoms with van der Waals surface area (Å²) in [5.41, 5.74) is 10.1. The monoisotopic (exact) mass is 746 g/mol. The van der Waals surface area contributed by atoms with Crippen molar-refractivity contribution in [1.82, 2.24) is 19.5 Å². The van der Waals surface area contributed by atoms with Gasteiger partial charge in [-0.05, 0) is 65.7 Å². The summed E-state index contributed by atoms with van der Waals surface area (Å²) in [6, 6.07) is 63.8. The van der Waals surface area contributed by atoms with Crippen molar-refractivity contribution in [3.63, 3.8) is 0 Å². The van der Waals surface area contributed by atoms with Gasteiger partial charge in [-0.2, -0.15) is 0 Å². The van der Waals surface area contributed by atoms with Crippen LogP contribution in [0.5, 0.6) is 0 Å². The Hall–Kier alpha value is -7.41. The molecule has 12 aromatic rings. The van der Waals surface area contributed by atoms with E-state index in [9.17, 15) is 0 Å². The second kappa shape index (κ2) is 12.6. The lowest BCUT2D eigenvalue weighted by atomic mass is 10.00. The van der Waals surface area contributed by atoms with Gasteiger partial charge in [0.25, 0.3) is 0 Å². The Labute approximate surface area is 330 Å². The van der Waals surface area contributed by atoms with Crippen LogP contribution in [-0.4, -0.2) is 19.5 Å². The molecule has 0 aliphatic heterocycles. The van der Waals surface area contributed by atoms with Crippen LogP contribution in [0.3, 0.4) is 0 Å². The molecule has 0 atom stereocenters. The molecule has 0 amide bonds. The fourth-order valence-electron chi connectivity index (χ4n) is 8.39. The number of nitrogens with zero attached hydrogens (tertiary/aromatic N) is 4. The minimum atomic E-state index is 0.602. The molecule has 6 heteroatoms. The van der Waals surface area contributed by atoms with Gasteiger partial charge in [0.05, 0.1) is 11.0 Å². The van der Waals surface area contributed by atoms with Gasteiger partial charge < -0.3 is 8.98 Å². The Balaban J connectivity index is 0.986. The van der Waals surface area contributed by atoms with Crippen molar-refractivity contribution in [2.24, 2.45) is 0 Å². The summed E-state index contributed by atoms with van der Waals surface area (Å²) in [4.78, 5) is 15.0. The van der Waals surface area contributed by atoms with Crippen molar-refractivity contribution in [2.75, 3.05) is 0 Å². The quantitative estimate of drug-likeness (QED) is 0.176. The van der Waals surface area contributed by atoms with Gasteiger partial charge in [0.1, 0.15) is 11.2 Å². The summed E-state index contributed by atoms with van der Waals surface area (Å²) >= 11 is 1.86. The van der Waals surface area contributed by atoms with Crippen molar-refractivity contribution in [1.29, 1.82) is 0 Å². The van der Waals surface area contributed by atoms with Crippen LogP contribution in [0.15, 0.2) is 186 Å². The highest BCUT2D eigenvalue weighted by Crippen LogP contribution is 2.42. The Kier molecular flexibility index (Phi) is 7.03. The molecule has 0 bridgehead atoms. The van der Waals surface area contributed by atoms with E-state index in [1.807, 2.05) is 84.1 Å². The molecular weight excluding hydrogens is 717 g/mol. The van der Waals surface area contributed by atoms with Gasteiger partial charge in [-0.15, -0.1) is 11.3 Å². The van der Waals surface area contributed by atoms with Crippen molar-refractivity contribution < 1.29 is 4.42 Å². The van der Waals surface area contributed by atoms with Gasteiger partial charge in [0.15, 0.2) is 17.5 Å². The van der Waals surface area contributed by atoms with Crippen LogP contribution in [0.1, 0.15) is 0 Å². The molecule has 0 saturated heterocycles. The number of fused-ring (bicyclic) bond motifs is 9.